The predicted molar refractivity (Wildman–Crippen MR) is 161 cm³/mol. The van der Waals surface area contributed by atoms with E-state index in [1.54, 1.807) is 37.3 Å². The van der Waals surface area contributed by atoms with Crippen LogP contribution in [0.25, 0.3) is 0 Å². The highest BCUT2D eigenvalue weighted by Crippen LogP contribution is 2.29. The maximum Gasteiger partial charge on any atom is 0.264 e. The minimum atomic E-state index is -4.15. The average molecular weight is 584 g/mol. The summed E-state index contributed by atoms with van der Waals surface area (Å²) in [5, 5.41) is 3.32. The van der Waals surface area contributed by atoms with Gasteiger partial charge in [0.15, 0.2) is 0 Å². The number of anilines is 1. The summed E-state index contributed by atoms with van der Waals surface area (Å²) in [6.07, 6.45) is 0.737. The molecule has 0 fully saturated rings. The largest absolute Gasteiger partial charge is 0.352 e. The van der Waals surface area contributed by atoms with Crippen LogP contribution in [0, 0.1) is 20.8 Å². The number of aryl methyl sites for hydroxylation is 3. The Balaban J connectivity index is 2.04. The van der Waals surface area contributed by atoms with Crippen LogP contribution in [0.2, 0.25) is 5.02 Å². The first kappa shape index (κ1) is 31.2. The second kappa shape index (κ2) is 13.3. The predicted octanol–water partition coefficient (Wildman–Crippen LogP) is 5.79. The minimum absolute atomic E-state index is 0.0512. The van der Waals surface area contributed by atoms with Crippen LogP contribution in [0.4, 0.5) is 5.69 Å². The van der Waals surface area contributed by atoms with Gasteiger partial charge in [0.1, 0.15) is 12.6 Å². The van der Waals surface area contributed by atoms with Crippen LogP contribution in [-0.4, -0.2) is 43.8 Å². The molecule has 2 atom stereocenters. The Morgan fingerprint density at radius 3 is 2.02 bits per heavy atom. The molecule has 0 bridgehead atoms. The fourth-order valence-corrected chi connectivity index (χ4v) is 5.62. The van der Waals surface area contributed by atoms with Crippen LogP contribution >= 0.6 is 11.6 Å². The summed E-state index contributed by atoms with van der Waals surface area (Å²) in [7, 11) is -4.15. The van der Waals surface area contributed by atoms with Crippen LogP contribution in [0.3, 0.4) is 0 Å². The highest BCUT2D eigenvalue weighted by molar-refractivity contribution is 7.92. The lowest BCUT2D eigenvalue weighted by Gasteiger charge is -2.32. The first-order valence-electron chi connectivity index (χ1n) is 13.3. The number of carbonyl (C=O) groups excluding carboxylic acids is 2. The van der Waals surface area contributed by atoms with Crippen molar-refractivity contribution in [2.24, 2.45) is 0 Å². The molecule has 0 aliphatic heterocycles. The van der Waals surface area contributed by atoms with Gasteiger partial charge in [0, 0.05) is 17.6 Å². The monoisotopic (exact) mass is 583 g/mol. The topological polar surface area (TPSA) is 86.8 Å². The molecule has 0 aliphatic rings. The molecule has 0 radical (unpaired) electrons. The number of carbonyl (C=O) groups is 2. The fraction of sp³-hybridized carbons (Fsp3) is 0.355. The number of halogens is 1. The molecule has 0 aromatic heterocycles. The van der Waals surface area contributed by atoms with Gasteiger partial charge in [-0.05, 0) is 76.4 Å². The molecule has 3 rings (SSSR count). The maximum atomic E-state index is 14.0. The number of nitrogens with one attached hydrogen (secondary N) is 1. The molecular formula is C31H38ClN3O4S. The van der Waals surface area contributed by atoms with Crippen molar-refractivity contribution in [3.05, 3.63) is 94.0 Å². The van der Waals surface area contributed by atoms with Crippen molar-refractivity contribution in [2.75, 3.05) is 10.8 Å². The van der Waals surface area contributed by atoms with E-state index in [9.17, 15) is 18.0 Å². The zero-order valence-corrected chi connectivity index (χ0v) is 25.5. The molecule has 40 heavy (non-hydrogen) atoms. The van der Waals surface area contributed by atoms with Gasteiger partial charge in [-0.25, -0.2) is 8.42 Å². The number of hydrogen-bond donors (Lipinski definition) is 1. The van der Waals surface area contributed by atoms with Gasteiger partial charge in [0.2, 0.25) is 11.8 Å². The van der Waals surface area contributed by atoms with E-state index in [4.69, 9.17) is 11.6 Å². The molecule has 0 aliphatic carbocycles. The summed E-state index contributed by atoms with van der Waals surface area (Å²) in [4.78, 5) is 28.6. The van der Waals surface area contributed by atoms with Gasteiger partial charge >= 0.3 is 0 Å². The van der Waals surface area contributed by atoms with Crippen molar-refractivity contribution in [1.29, 1.82) is 0 Å². The van der Waals surface area contributed by atoms with Gasteiger partial charge in [-0.3, -0.25) is 13.9 Å². The molecule has 0 saturated heterocycles. The molecular weight excluding hydrogens is 546 g/mol. The number of benzene rings is 3. The summed E-state index contributed by atoms with van der Waals surface area (Å²) in [5.74, 6) is -0.819. The zero-order valence-electron chi connectivity index (χ0n) is 23.9. The lowest BCUT2D eigenvalue weighted by Crippen LogP contribution is -2.52. The average Bonchev–Trinajstić information content (AvgIpc) is 2.92. The zero-order chi connectivity index (χ0) is 29.6. The van der Waals surface area contributed by atoms with Crippen molar-refractivity contribution in [3.8, 4) is 0 Å². The second-order valence-electron chi connectivity index (χ2n) is 10.3. The molecule has 1 N–H and O–H groups in total. The Hall–Kier alpha value is -3.36. The summed E-state index contributed by atoms with van der Waals surface area (Å²) in [6.45, 7) is 10.8. The molecule has 0 spiro atoms. The van der Waals surface area contributed by atoms with Gasteiger partial charge in [-0.15, -0.1) is 0 Å². The van der Waals surface area contributed by atoms with Crippen LogP contribution in [0.15, 0.2) is 71.6 Å². The smallest absolute Gasteiger partial charge is 0.264 e. The van der Waals surface area contributed by atoms with Crippen LogP contribution in [0.1, 0.15) is 49.4 Å². The van der Waals surface area contributed by atoms with Crippen molar-refractivity contribution < 1.29 is 18.0 Å². The van der Waals surface area contributed by atoms with Crippen LogP contribution < -0.4 is 9.62 Å². The molecule has 0 heterocycles. The number of hydrogen-bond acceptors (Lipinski definition) is 4. The highest BCUT2D eigenvalue weighted by atomic mass is 35.5. The first-order valence-corrected chi connectivity index (χ1v) is 15.2. The van der Waals surface area contributed by atoms with Crippen LogP contribution in [-0.2, 0) is 26.2 Å². The van der Waals surface area contributed by atoms with E-state index in [-0.39, 0.29) is 29.1 Å². The lowest BCUT2D eigenvalue weighted by molar-refractivity contribution is -0.139. The summed E-state index contributed by atoms with van der Waals surface area (Å²) < 4.78 is 28.9. The fourth-order valence-electron chi connectivity index (χ4n) is 4.04. The number of amides is 2. The van der Waals surface area contributed by atoms with Gasteiger partial charge in [-0.1, -0.05) is 72.1 Å². The molecule has 214 valence electrons. The van der Waals surface area contributed by atoms with Crippen molar-refractivity contribution in [3.63, 3.8) is 0 Å². The Morgan fingerprint density at radius 2 is 1.48 bits per heavy atom. The van der Waals surface area contributed by atoms with Crippen molar-refractivity contribution in [1.82, 2.24) is 10.2 Å². The van der Waals surface area contributed by atoms with E-state index in [1.807, 2.05) is 58.9 Å². The Labute approximate surface area is 243 Å². The third-order valence-electron chi connectivity index (χ3n) is 6.97. The number of rotatable bonds is 11. The molecule has 9 heteroatoms. The van der Waals surface area contributed by atoms with E-state index in [0.29, 0.717) is 5.02 Å². The molecule has 7 nitrogen and oxygen atoms in total. The van der Waals surface area contributed by atoms with E-state index in [0.717, 1.165) is 33.0 Å². The SMILES string of the molecule is CC[C@@H](C)NC(=O)[C@H](C)N(Cc1ccc(C)cc1)C(=O)CN(c1ccc(C)c(Cl)c1)S(=O)(=O)c1ccc(C)cc1. The van der Waals surface area contributed by atoms with Crippen molar-refractivity contribution in [2.45, 2.75) is 71.5 Å². The maximum absolute atomic E-state index is 14.0. The summed E-state index contributed by atoms with van der Waals surface area (Å²) in [6, 6.07) is 18.1. The van der Waals surface area contributed by atoms with Gasteiger partial charge in [-0.2, -0.15) is 0 Å². The number of sulfonamides is 1. The first-order chi connectivity index (χ1) is 18.8. The van der Waals surface area contributed by atoms with Gasteiger partial charge in [0.05, 0.1) is 10.6 Å². The second-order valence-corrected chi connectivity index (χ2v) is 12.5. The van der Waals surface area contributed by atoms with E-state index in [2.05, 4.69) is 5.32 Å². The standard InChI is InChI=1S/C31H38ClN3O4S/c1-7-24(5)33-31(37)25(6)34(19-26-13-8-21(2)9-14-26)30(36)20-35(27-15-12-23(4)29(32)18-27)40(38,39)28-16-10-22(3)11-17-28/h8-18,24-25H,7,19-20H2,1-6H3,(H,33,37)/t24-,25+/m1/s1. The molecule has 0 saturated carbocycles. The molecule has 2 amide bonds. The Bertz CT molecular complexity index is 1440. The quantitative estimate of drug-likeness (QED) is 0.309. The van der Waals surface area contributed by atoms with E-state index < -0.39 is 28.5 Å². The molecule has 0 unspecified atom stereocenters. The third-order valence-corrected chi connectivity index (χ3v) is 9.17. The van der Waals surface area contributed by atoms with Gasteiger partial charge < -0.3 is 10.2 Å². The Morgan fingerprint density at radius 1 is 0.900 bits per heavy atom. The Kier molecular flexibility index (Phi) is 10.4. The van der Waals surface area contributed by atoms with Gasteiger partial charge in [0.25, 0.3) is 10.0 Å². The third kappa shape index (κ3) is 7.64. The lowest BCUT2D eigenvalue weighted by atomic mass is 10.1. The highest BCUT2D eigenvalue weighted by Gasteiger charge is 2.33. The minimum Gasteiger partial charge on any atom is -0.352 e. The molecule has 3 aromatic rings. The van der Waals surface area contributed by atoms with Crippen molar-refractivity contribution >= 4 is 39.1 Å². The normalized spacial score (nSPS) is 12.9. The van der Waals surface area contributed by atoms with Crippen LogP contribution in [0.5, 0.6) is 0 Å². The molecule has 3 aromatic carbocycles. The number of nitrogens with zero attached hydrogens (tertiary/aromatic N) is 2. The van der Waals surface area contributed by atoms with E-state index >= 15 is 0 Å². The van der Waals surface area contributed by atoms with E-state index in [1.165, 1.54) is 17.0 Å². The summed E-state index contributed by atoms with van der Waals surface area (Å²) >= 11 is 6.38. The summed E-state index contributed by atoms with van der Waals surface area (Å²) in [5.41, 5.74) is 3.84.